The first-order chi connectivity index (χ1) is 10.4. The van der Waals surface area contributed by atoms with Crippen molar-refractivity contribution in [3.63, 3.8) is 0 Å². The number of rotatable bonds is 6. The van der Waals surface area contributed by atoms with Crippen molar-refractivity contribution in [2.45, 2.75) is 52.0 Å². The maximum Gasteiger partial charge on any atom is 0.252 e. The first kappa shape index (κ1) is 19.9. The largest absolute Gasteiger partial charge is 0.352 e. The maximum atomic E-state index is 12.2. The highest BCUT2D eigenvalue weighted by atomic mass is 35.5. The Morgan fingerprint density at radius 3 is 2.39 bits per heavy atom. The zero-order valence-electron chi connectivity index (χ0n) is 14.2. The van der Waals surface area contributed by atoms with E-state index < -0.39 is 10.0 Å². The molecule has 7 heteroatoms. The molecule has 0 unspecified atom stereocenters. The van der Waals surface area contributed by atoms with E-state index in [1.807, 2.05) is 0 Å². The van der Waals surface area contributed by atoms with Crippen LogP contribution in [0, 0.1) is 5.41 Å². The van der Waals surface area contributed by atoms with Gasteiger partial charge in [0.15, 0.2) is 0 Å². The topological polar surface area (TPSA) is 75.3 Å². The van der Waals surface area contributed by atoms with Crippen molar-refractivity contribution >= 4 is 27.5 Å². The lowest BCUT2D eigenvalue weighted by atomic mass is 9.92. The smallest absolute Gasteiger partial charge is 0.252 e. The molecule has 0 saturated carbocycles. The molecular formula is C16H25ClN2O3S. The van der Waals surface area contributed by atoms with Crippen LogP contribution in [0.4, 0.5) is 0 Å². The average Bonchev–Trinajstić information content (AvgIpc) is 2.35. The van der Waals surface area contributed by atoms with E-state index in [1.54, 1.807) is 13.8 Å². The summed E-state index contributed by atoms with van der Waals surface area (Å²) >= 11 is 6.04. The number of nitrogens with one attached hydrogen (secondary N) is 2. The minimum absolute atomic E-state index is 0.0246. The Morgan fingerprint density at radius 1 is 1.26 bits per heavy atom. The van der Waals surface area contributed by atoms with Gasteiger partial charge in [0.2, 0.25) is 10.0 Å². The highest BCUT2D eigenvalue weighted by molar-refractivity contribution is 7.89. The summed E-state index contributed by atoms with van der Waals surface area (Å²) in [6.07, 6.45) is 0.809. The van der Waals surface area contributed by atoms with E-state index in [-0.39, 0.29) is 32.8 Å². The third-order valence-corrected chi connectivity index (χ3v) is 5.03. The predicted molar refractivity (Wildman–Crippen MR) is 93.3 cm³/mol. The number of sulfonamides is 1. The zero-order chi connectivity index (χ0) is 17.8. The molecule has 0 fully saturated rings. The molecule has 0 atom stereocenters. The molecule has 1 amide bonds. The van der Waals surface area contributed by atoms with Crippen molar-refractivity contribution in [1.29, 1.82) is 0 Å². The lowest BCUT2D eigenvalue weighted by Crippen LogP contribution is -2.31. The van der Waals surface area contributed by atoms with E-state index >= 15 is 0 Å². The summed E-state index contributed by atoms with van der Waals surface area (Å²) in [7, 11) is -3.66. The standard InChI is InChI=1S/C16H25ClN2O3S/c1-11(2)19-23(21,22)12-6-7-14(17)13(10-12)15(20)18-9-8-16(3,4)5/h6-7,10-11,19H,8-9H2,1-5H3,(H,18,20). The van der Waals surface area contributed by atoms with Crippen LogP contribution >= 0.6 is 11.6 Å². The van der Waals surface area contributed by atoms with Gasteiger partial charge in [-0.25, -0.2) is 13.1 Å². The second kappa shape index (κ2) is 7.64. The fraction of sp³-hybridized carbons (Fsp3) is 0.562. The first-order valence-corrected chi connectivity index (χ1v) is 9.38. The van der Waals surface area contributed by atoms with Gasteiger partial charge in [0.05, 0.1) is 15.5 Å². The highest BCUT2D eigenvalue weighted by Gasteiger charge is 2.20. The molecule has 0 aliphatic carbocycles. The Balaban J connectivity index is 2.95. The summed E-state index contributed by atoms with van der Waals surface area (Å²) in [5.74, 6) is -0.374. The average molecular weight is 361 g/mol. The van der Waals surface area contributed by atoms with Gasteiger partial charge in [0.25, 0.3) is 5.91 Å². The Labute approximate surface area is 143 Å². The fourth-order valence-corrected chi connectivity index (χ4v) is 3.35. The van der Waals surface area contributed by atoms with Gasteiger partial charge in [-0.3, -0.25) is 4.79 Å². The number of hydrogen-bond donors (Lipinski definition) is 2. The Morgan fingerprint density at radius 2 is 1.87 bits per heavy atom. The van der Waals surface area contributed by atoms with Gasteiger partial charge in [-0.2, -0.15) is 0 Å². The fourth-order valence-electron chi connectivity index (χ4n) is 1.87. The van der Waals surface area contributed by atoms with E-state index in [2.05, 4.69) is 30.8 Å². The van der Waals surface area contributed by atoms with Crippen LogP contribution in [0.15, 0.2) is 23.1 Å². The van der Waals surface area contributed by atoms with E-state index in [1.165, 1.54) is 18.2 Å². The molecule has 1 aromatic carbocycles. The number of hydrogen-bond acceptors (Lipinski definition) is 3. The Bertz CT molecular complexity index is 664. The molecular weight excluding hydrogens is 336 g/mol. The van der Waals surface area contributed by atoms with E-state index in [4.69, 9.17) is 11.6 Å². The first-order valence-electron chi connectivity index (χ1n) is 7.52. The molecule has 23 heavy (non-hydrogen) atoms. The van der Waals surface area contributed by atoms with Gasteiger partial charge < -0.3 is 5.32 Å². The normalized spacial score (nSPS) is 12.5. The molecule has 0 bridgehead atoms. The van der Waals surface area contributed by atoms with Crippen LogP contribution in [0.5, 0.6) is 0 Å². The lowest BCUT2D eigenvalue weighted by Gasteiger charge is -2.18. The van der Waals surface area contributed by atoms with Crippen LogP contribution in [0.2, 0.25) is 5.02 Å². The van der Waals surface area contributed by atoms with Gasteiger partial charge in [0, 0.05) is 12.6 Å². The Hall–Kier alpha value is -1.11. The molecule has 1 aromatic rings. The molecule has 0 aliphatic heterocycles. The second-order valence-electron chi connectivity index (χ2n) is 6.98. The van der Waals surface area contributed by atoms with Crippen LogP contribution in [0.3, 0.4) is 0 Å². The lowest BCUT2D eigenvalue weighted by molar-refractivity contribution is 0.0949. The summed E-state index contributed by atoms with van der Waals surface area (Å²) in [5, 5.41) is 3.00. The van der Waals surface area contributed by atoms with Gasteiger partial charge >= 0.3 is 0 Å². The summed E-state index contributed by atoms with van der Waals surface area (Å²) in [6, 6.07) is 3.88. The summed E-state index contributed by atoms with van der Waals surface area (Å²) in [4.78, 5) is 12.3. The van der Waals surface area contributed by atoms with Crippen molar-refractivity contribution in [3.05, 3.63) is 28.8 Å². The molecule has 5 nitrogen and oxygen atoms in total. The van der Waals surface area contributed by atoms with E-state index in [9.17, 15) is 13.2 Å². The number of benzene rings is 1. The van der Waals surface area contributed by atoms with Crippen LogP contribution in [-0.2, 0) is 10.0 Å². The third-order valence-electron chi connectivity index (χ3n) is 3.04. The minimum atomic E-state index is -3.66. The quantitative estimate of drug-likeness (QED) is 0.818. The molecule has 0 radical (unpaired) electrons. The summed E-state index contributed by atoms with van der Waals surface area (Å²) in [5.41, 5.74) is 0.260. The molecule has 1 rings (SSSR count). The van der Waals surface area contributed by atoms with Gasteiger partial charge in [-0.15, -0.1) is 0 Å². The molecule has 0 heterocycles. The molecule has 0 aliphatic rings. The number of carbonyl (C=O) groups is 1. The molecule has 0 spiro atoms. The molecule has 130 valence electrons. The van der Waals surface area contributed by atoms with Crippen molar-refractivity contribution in [3.8, 4) is 0 Å². The van der Waals surface area contributed by atoms with Crippen LogP contribution in [0.1, 0.15) is 51.4 Å². The minimum Gasteiger partial charge on any atom is -0.352 e. The molecule has 2 N–H and O–H groups in total. The summed E-state index contributed by atoms with van der Waals surface area (Å²) < 4.78 is 26.9. The number of halogens is 1. The molecule has 0 saturated heterocycles. The van der Waals surface area contributed by atoms with Crippen LogP contribution in [-0.4, -0.2) is 26.9 Å². The molecule has 0 aromatic heterocycles. The monoisotopic (exact) mass is 360 g/mol. The summed E-state index contributed by atoms with van der Waals surface area (Å²) in [6.45, 7) is 10.2. The van der Waals surface area contributed by atoms with Crippen molar-refractivity contribution < 1.29 is 13.2 Å². The van der Waals surface area contributed by atoms with Crippen LogP contribution in [0.25, 0.3) is 0 Å². The van der Waals surface area contributed by atoms with E-state index in [0.29, 0.717) is 6.54 Å². The van der Waals surface area contributed by atoms with Crippen molar-refractivity contribution in [2.24, 2.45) is 5.41 Å². The van der Waals surface area contributed by atoms with Crippen molar-refractivity contribution in [2.75, 3.05) is 6.54 Å². The van der Waals surface area contributed by atoms with Gasteiger partial charge in [-0.05, 0) is 43.9 Å². The number of carbonyl (C=O) groups excluding carboxylic acids is 1. The number of amides is 1. The Kier molecular flexibility index (Phi) is 6.62. The van der Waals surface area contributed by atoms with Gasteiger partial charge in [0.1, 0.15) is 0 Å². The highest BCUT2D eigenvalue weighted by Crippen LogP contribution is 2.21. The third kappa shape index (κ3) is 6.49. The van der Waals surface area contributed by atoms with E-state index in [0.717, 1.165) is 6.42 Å². The zero-order valence-corrected chi connectivity index (χ0v) is 15.8. The van der Waals surface area contributed by atoms with Crippen molar-refractivity contribution in [1.82, 2.24) is 10.0 Å². The van der Waals surface area contributed by atoms with Gasteiger partial charge in [-0.1, -0.05) is 32.4 Å². The van der Waals surface area contributed by atoms with Crippen LogP contribution < -0.4 is 10.0 Å². The second-order valence-corrected chi connectivity index (χ2v) is 9.11. The SMILES string of the molecule is CC(C)NS(=O)(=O)c1ccc(Cl)c(C(=O)NCCC(C)(C)C)c1. The predicted octanol–water partition coefficient (Wildman–Crippen LogP) is 3.19. The maximum absolute atomic E-state index is 12.2.